The minimum Gasteiger partial charge on any atom is -0.493 e. The third kappa shape index (κ3) is 3.74. The molecular formula is C19H18ClN5OS. The molecule has 0 spiro atoms. The number of aromatic nitrogens is 1. The number of rotatable bonds is 2. The molecule has 2 N–H and O–H groups in total. The zero-order chi connectivity index (χ0) is 18.8. The smallest absolute Gasteiger partial charge is 0.218 e. The van der Waals surface area contributed by atoms with Gasteiger partial charge in [0.25, 0.3) is 0 Å². The van der Waals surface area contributed by atoms with E-state index in [2.05, 4.69) is 32.2 Å². The number of benzene rings is 2. The average molecular weight is 400 g/mol. The Labute approximate surface area is 167 Å². The zero-order valence-corrected chi connectivity index (χ0v) is 16.0. The second-order valence-electron chi connectivity index (χ2n) is 6.30. The molecule has 27 heavy (non-hydrogen) atoms. The second kappa shape index (κ2) is 7.54. The summed E-state index contributed by atoms with van der Waals surface area (Å²) in [5, 5.41) is 20.2. The molecule has 0 unspecified atom stereocenters. The van der Waals surface area contributed by atoms with E-state index in [1.165, 1.54) is 5.69 Å². The van der Waals surface area contributed by atoms with Crippen molar-refractivity contribution in [1.29, 1.82) is 0 Å². The lowest BCUT2D eigenvalue weighted by Crippen LogP contribution is -2.47. The Hall–Kier alpha value is -2.64. The van der Waals surface area contributed by atoms with Gasteiger partial charge in [0.2, 0.25) is 11.0 Å². The van der Waals surface area contributed by atoms with Gasteiger partial charge in [0.05, 0.1) is 5.52 Å². The van der Waals surface area contributed by atoms with Crippen LogP contribution in [0.4, 0.5) is 11.4 Å². The van der Waals surface area contributed by atoms with Crippen LogP contribution in [0.5, 0.6) is 5.88 Å². The van der Waals surface area contributed by atoms with Crippen LogP contribution in [0.3, 0.4) is 0 Å². The van der Waals surface area contributed by atoms with Crippen LogP contribution in [-0.2, 0) is 0 Å². The molecule has 1 aliphatic heterocycles. The van der Waals surface area contributed by atoms with Gasteiger partial charge in [-0.05, 0) is 42.5 Å². The highest BCUT2D eigenvalue weighted by atomic mass is 35.5. The van der Waals surface area contributed by atoms with E-state index < -0.39 is 0 Å². The molecule has 4 rings (SSSR count). The predicted molar refractivity (Wildman–Crippen MR) is 112 cm³/mol. The van der Waals surface area contributed by atoms with Gasteiger partial charge in [-0.2, -0.15) is 0 Å². The summed E-state index contributed by atoms with van der Waals surface area (Å²) in [6.45, 7) is 3.30. The zero-order valence-electron chi connectivity index (χ0n) is 14.5. The molecule has 0 bridgehead atoms. The van der Waals surface area contributed by atoms with Crippen molar-refractivity contribution in [3.63, 3.8) is 0 Å². The summed E-state index contributed by atoms with van der Waals surface area (Å²) in [5.74, 6) is -0.0484. The van der Waals surface area contributed by atoms with Crippen LogP contribution in [0.2, 0.25) is 5.02 Å². The van der Waals surface area contributed by atoms with E-state index in [1.807, 2.05) is 23.1 Å². The summed E-state index contributed by atoms with van der Waals surface area (Å²) in [5.41, 5.74) is 2.29. The van der Waals surface area contributed by atoms with Crippen molar-refractivity contribution in [3.05, 3.63) is 53.6 Å². The Balaban J connectivity index is 1.44. The molecular weight excluding hydrogens is 382 g/mol. The fourth-order valence-electron chi connectivity index (χ4n) is 3.19. The molecule has 8 heteroatoms. The Morgan fingerprint density at radius 3 is 2.56 bits per heavy atom. The van der Waals surface area contributed by atoms with Crippen molar-refractivity contribution in [2.75, 3.05) is 31.1 Å². The fraction of sp³-hybridized carbons (Fsp3) is 0.211. The first kappa shape index (κ1) is 17.8. The molecule has 138 valence electrons. The van der Waals surface area contributed by atoms with E-state index in [4.69, 9.17) is 23.8 Å². The quantitative estimate of drug-likeness (QED) is 0.483. The molecule has 2 aromatic carbocycles. The van der Waals surface area contributed by atoms with Crippen LogP contribution in [0.25, 0.3) is 10.9 Å². The van der Waals surface area contributed by atoms with E-state index in [1.54, 1.807) is 18.2 Å². The van der Waals surface area contributed by atoms with Crippen molar-refractivity contribution in [1.82, 2.24) is 9.88 Å². The third-order valence-corrected chi connectivity index (χ3v) is 5.20. The van der Waals surface area contributed by atoms with Crippen molar-refractivity contribution >= 4 is 51.2 Å². The Bertz CT molecular complexity index is 996. The lowest BCUT2D eigenvalue weighted by atomic mass is 10.2. The van der Waals surface area contributed by atoms with Gasteiger partial charge in [0.1, 0.15) is 0 Å². The summed E-state index contributed by atoms with van der Waals surface area (Å²) in [6, 6.07) is 15.6. The first-order chi connectivity index (χ1) is 13.1. The lowest BCUT2D eigenvalue weighted by Gasteiger charge is -2.36. The van der Waals surface area contributed by atoms with Crippen molar-refractivity contribution in [3.8, 4) is 5.88 Å². The summed E-state index contributed by atoms with van der Waals surface area (Å²) in [6.07, 6.45) is 0. The normalized spacial score (nSPS) is 15.0. The molecule has 1 fully saturated rings. The number of para-hydroxylation sites is 1. The van der Waals surface area contributed by atoms with Gasteiger partial charge < -0.3 is 19.9 Å². The topological polar surface area (TPSA) is 67.2 Å². The first-order valence-corrected chi connectivity index (χ1v) is 9.41. The number of hydrogen-bond donors (Lipinski definition) is 2. The van der Waals surface area contributed by atoms with E-state index in [-0.39, 0.29) is 5.88 Å². The average Bonchev–Trinajstić information content (AvgIpc) is 3.01. The second-order valence-corrected chi connectivity index (χ2v) is 7.11. The van der Waals surface area contributed by atoms with E-state index >= 15 is 0 Å². The fourth-order valence-corrected chi connectivity index (χ4v) is 3.59. The van der Waals surface area contributed by atoms with E-state index in [0.29, 0.717) is 21.3 Å². The molecule has 0 saturated carbocycles. The Morgan fingerprint density at radius 2 is 1.81 bits per heavy atom. The van der Waals surface area contributed by atoms with Crippen LogP contribution in [0.1, 0.15) is 0 Å². The Kier molecular flexibility index (Phi) is 4.96. The number of anilines is 1. The van der Waals surface area contributed by atoms with Gasteiger partial charge in [-0.15, -0.1) is 10.2 Å². The third-order valence-electron chi connectivity index (χ3n) is 4.62. The van der Waals surface area contributed by atoms with Crippen molar-refractivity contribution < 1.29 is 5.11 Å². The van der Waals surface area contributed by atoms with Crippen LogP contribution in [0, 0.1) is 0 Å². The maximum absolute atomic E-state index is 10.1. The number of thiocarbonyl (C=S) groups is 1. The van der Waals surface area contributed by atoms with Crippen molar-refractivity contribution in [2.45, 2.75) is 0 Å². The number of fused-ring (bicyclic) bond motifs is 1. The number of azo groups is 1. The first-order valence-electron chi connectivity index (χ1n) is 8.62. The molecule has 3 aromatic rings. The highest BCUT2D eigenvalue weighted by Crippen LogP contribution is 2.36. The van der Waals surface area contributed by atoms with Gasteiger partial charge >= 0.3 is 0 Å². The maximum Gasteiger partial charge on any atom is 0.218 e. The number of nitrogens with one attached hydrogen (secondary N) is 1. The monoisotopic (exact) mass is 399 g/mol. The molecule has 0 atom stereocenters. The minimum absolute atomic E-state index is 0.0484. The number of piperazine rings is 1. The van der Waals surface area contributed by atoms with Gasteiger partial charge in [0.15, 0.2) is 5.69 Å². The van der Waals surface area contributed by atoms with E-state index in [0.717, 1.165) is 31.6 Å². The predicted octanol–water partition coefficient (Wildman–Crippen LogP) is 4.72. The standard InChI is InChI=1S/C19H18ClN5OS/c20-13-6-7-15-16(12-13)21-18(26)17(15)22-23-19(27)25-10-8-24(9-11-25)14-4-2-1-3-5-14/h1-7,12,21,26H,8-11H2. The Morgan fingerprint density at radius 1 is 1.07 bits per heavy atom. The summed E-state index contributed by atoms with van der Waals surface area (Å²) in [7, 11) is 0. The molecule has 0 radical (unpaired) electrons. The number of halogens is 1. The molecule has 2 heterocycles. The molecule has 0 amide bonds. The summed E-state index contributed by atoms with van der Waals surface area (Å²) < 4.78 is 0. The maximum atomic E-state index is 10.1. The number of hydrogen-bond acceptors (Lipinski definition) is 4. The minimum atomic E-state index is -0.0484. The summed E-state index contributed by atoms with van der Waals surface area (Å²) in [4.78, 5) is 7.20. The molecule has 1 aliphatic rings. The van der Waals surface area contributed by atoms with Crippen LogP contribution in [-0.4, -0.2) is 46.3 Å². The van der Waals surface area contributed by atoms with Crippen LogP contribution in [0.15, 0.2) is 58.8 Å². The molecule has 1 saturated heterocycles. The SMILES string of the molecule is Oc1[nH]c2cc(Cl)ccc2c1N=NC(=S)N1CCN(c2ccccc2)CC1. The molecule has 0 aliphatic carbocycles. The number of nitrogens with zero attached hydrogens (tertiary/aromatic N) is 4. The highest BCUT2D eigenvalue weighted by Gasteiger charge is 2.19. The van der Waals surface area contributed by atoms with Crippen molar-refractivity contribution in [2.24, 2.45) is 10.2 Å². The number of aromatic amines is 1. The lowest BCUT2D eigenvalue weighted by molar-refractivity contribution is 0.387. The largest absolute Gasteiger partial charge is 0.493 e. The number of H-pyrrole nitrogens is 1. The van der Waals surface area contributed by atoms with Crippen LogP contribution < -0.4 is 4.90 Å². The molecule has 1 aromatic heterocycles. The van der Waals surface area contributed by atoms with Gasteiger partial charge in [0, 0.05) is 42.3 Å². The van der Waals surface area contributed by atoms with E-state index in [9.17, 15) is 5.11 Å². The summed E-state index contributed by atoms with van der Waals surface area (Å²) >= 11 is 11.4. The van der Waals surface area contributed by atoms with Crippen LogP contribution >= 0.6 is 23.8 Å². The van der Waals surface area contributed by atoms with Gasteiger partial charge in [-0.1, -0.05) is 29.8 Å². The number of aromatic hydroxyl groups is 1. The highest BCUT2D eigenvalue weighted by molar-refractivity contribution is 7.80. The van der Waals surface area contributed by atoms with Gasteiger partial charge in [-0.3, -0.25) is 0 Å². The van der Waals surface area contributed by atoms with Gasteiger partial charge in [-0.25, -0.2) is 0 Å². The molecule has 6 nitrogen and oxygen atoms in total.